The third-order valence-corrected chi connectivity index (χ3v) is 5.51. The molecule has 1 saturated heterocycles. The largest absolute Gasteiger partial charge is 0.496 e. The molecular weight excluding hydrogens is 412 g/mol. The Hall–Kier alpha value is -3.56. The number of nitrogens with zero attached hydrogens (tertiary/aromatic N) is 5. The number of fused-ring (bicyclic) bond motifs is 1. The van der Waals surface area contributed by atoms with Crippen LogP contribution >= 0.6 is 0 Å². The molecule has 0 bridgehead atoms. The first-order valence-corrected chi connectivity index (χ1v) is 10.5. The Labute approximate surface area is 185 Å². The van der Waals surface area contributed by atoms with Crippen LogP contribution in [0.1, 0.15) is 38.8 Å². The number of likely N-dealkylation sites (tertiary alicyclic amines) is 1. The van der Waals surface area contributed by atoms with Crippen LogP contribution in [0.3, 0.4) is 0 Å². The third kappa shape index (κ3) is 3.76. The molecule has 10 nitrogen and oxygen atoms in total. The number of hydrogen-bond donors (Lipinski definition) is 1. The van der Waals surface area contributed by atoms with Crippen LogP contribution in [0.15, 0.2) is 29.3 Å². The van der Waals surface area contributed by atoms with Crippen molar-refractivity contribution in [2.45, 2.75) is 45.8 Å². The van der Waals surface area contributed by atoms with Crippen molar-refractivity contribution in [3.05, 3.63) is 40.6 Å². The lowest BCUT2D eigenvalue weighted by Crippen LogP contribution is -2.36. The van der Waals surface area contributed by atoms with E-state index in [0.29, 0.717) is 42.1 Å². The van der Waals surface area contributed by atoms with Crippen LogP contribution in [0.5, 0.6) is 5.75 Å². The predicted molar refractivity (Wildman–Crippen MR) is 120 cm³/mol. The van der Waals surface area contributed by atoms with Gasteiger partial charge in [0.2, 0.25) is 0 Å². The van der Waals surface area contributed by atoms with Crippen LogP contribution in [0, 0.1) is 6.92 Å². The summed E-state index contributed by atoms with van der Waals surface area (Å²) in [6, 6.07) is 5.23. The fourth-order valence-electron chi connectivity index (χ4n) is 4.03. The molecule has 32 heavy (non-hydrogen) atoms. The van der Waals surface area contributed by atoms with Gasteiger partial charge in [-0.1, -0.05) is 6.07 Å². The second-order valence-corrected chi connectivity index (χ2v) is 8.94. The van der Waals surface area contributed by atoms with Crippen molar-refractivity contribution in [2.24, 2.45) is 0 Å². The molecule has 1 aliphatic heterocycles. The normalized spacial score (nSPS) is 16.5. The summed E-state index contributed by atoms with van der Waals surface area (Å²) >= 11 is 0. The lowest BCUT2D eigenvalue weighted by molar-refractivity contribution is 0.0289. The molecule has 3 aromatic rings. The zero-order chi connectivity index (χ0) is 23.2. The molecule has 2 aromatic heterocycles. The minimum absolute atomic E-state index is 0.201. The molecule has 1 aliphatic rings. The minimum atomic E-state index is -0.589. The molecule has 3 heterocycles. The van der Waals surface area contributed by atoms with Crippen molar-refractivity contribution in [1.29, 1.82) is 0 Å². The van der Waals surface area contributed by atoms with Crippen molar-refractivity contribution < 1.29 is 14.3 Å². The lowest BCUT2D eigenvalue weighted by atomic mass is 10.2. The molecule has 2 N–H and O–H groups in total. The summed E-state index contributed by atoms with van der Waals surface area (Å²) < 4.78 is 14.0. The van der Waals surface area contributed by atoms with E-state index in [9.17, 15) is 9.59 Å². The monoisotopic (exact) mass is 440 g/mol. The molecule has 1 unspecified atom stereocenters. The van der Waals surface area contributed by atoms with Gasteiger partial charge in [-0.2, -0.15) is 0 Å². The number of amides is 1. The van der Waals surface area contributed by atoms with E-state index < -0.39 is 11.7 Å². The van der Waals surface area contributed by atoms with E-state index in [2.05, 4.69) is 9.97 Å². The molecule has 0 aliphatic carbocycles. The minimum Gasteiger partial charge on any atom is -0.496 e. The number of ether oxygens (including phenoxy) is 2. The average Bonchev–Trinajstić information content (AvgIpc) is 3.30. The number of aryl methyl sites for hydroxylation is 1. The Balaban J connectivity index is 1.80. The quantitative estimate of drug-likeness (QED) is 0.665. The summed E-state index contributed by atoms with van der Waals surface area (Å²) in [5.41, 5.74) is 7.70. The second-order valence-electron chi connectivity index (χ2n) is 8.94. The molecule has 4 rings (SSSR count). The number of benzene rings is 1. The van der Waals surface area contributed by atoms with E-state index >= 15 is 0 Å². The Morgan fingerprint density at radius 3 is 2.69 bits per heavy atom. The average molecular weight is 441 g/mol. The van der Waals surface area contributed by atoms with Gasteiger partial charge >= 0.3 is 11.8 Å². The van der Waals surface area contributed by atoms with Crippen molar-refractivity contribution in [2.75, 3.05) is 25.9 Å². The van der Waals surface area contributed by atoms with Gasteiger partial charge in [-0.05, 0) is 45.7 Å². The number of carbonyl (C=O) groups is 1. The number of nitrogens with two attached hydrogens (primary N) is 1. The van der Waals surface area contributed by atoms with Crippen LogP contribution in [0.2, 0.25) is 0 Å². The van der Waals surface area contributed by atoms with Gasteiger partial charge in [0.1, 0.15) is 23.2 Å². The molecule has 1 amide bonds. The van der Waals surface area contributed by atoms with Crippen LogP contribution in [-0.2, 0) is 4.74 Å². The van der Waals surface area contributed by atoms with Crippen molar-refractivity contribution in [3.63, 3.8) is 0 Å². The zero-order valence-electron chi connectivity index (χ0n) is 19.0. The van der Waals surface area contributed by atoms with Gasteiger partial charge in [-0.15, -0.1) is 0 Å². The van der Waals surface area contributed by atoms with Gasteiger partial charge < -0.3 is 20.1 Å². The third-order valence-electron chi connectivity index (χ3n) is 5.51. The van der Waals surface area contributed by atoms with E-state index in [4.69, 9.17) is 15.2 Å². The Morgan fingerprint density at radius 1 is 1.25 bits per heavy atom. The summed E-state index contributed by atoms with van der Waals surface area (Å²) in [5, 5.41) is 0. The fraction of sp³-hybridized carbons (Fsp3) is 0.455. The van der Waals surface area contributed by atoms with E-state index in [-0.39, 0.29) is 17.5 Å². The maximum absolute atomic E-state index is 13.6. The first kappa shape index (κ1) is 21.7. The standard InChI is InChI=1S/C22H28N6O4/c1-13-6-7-14(10-16(13)31-5)27-17-18(23)24-12-25-19(17)28(20(27)29)15-8-9-26(11-15)21(30)32-22(2,3)4/h6-7,10,12,15H,8-9,11H2,1-5H3,(H2,23,24,25). The number of hydrogen-bond acceptors (Lipinski definition) is 7. The molecule has 0 spiro atoms. The van der Waals surface area contributed by atoms with E-state index in [1.165, 1.54) is 10.9 Å². The SMILES string of the molecule is COc1cc(-n2c(=O)n(C3CCN(C(=O)OC(C)(C)C)C3)c3ncnc(N)c32)ccc1C. The fourth-order valence-corrected chi connectivity index (χ4v) is 4.03. The number of nitrogen functional groups attached to an aromatic ring is 1. The van der Waals surface area contributed by atoms with Gasteiger partial charge in [-0.3, -0.25) is 9.13 Å². The maximum atomic E-state index is 13.6. The maximum Gasteiger partial charge on any atom is 0.410 e. The molecule has 10 heteroatoms. The molecule has 1 fully saturated rings. The zero-order valence-corrected chi connectivity index (χ0v) is 19.0. The summed E-state index contributed by atoms with van der Waals surface area (Å²) in [4.78, 5) is 36.2. The summed E-state index contributed by atoms with van der Waals surface area (Å²) in [6.07, 6.45) is 1.54. The highest BCUT2D eigenvalue weighted by Gasteiger charge is 2.34. The highest BCUT2D eigenvalue weighted by atomic mass is 16.6. The predicted octanol–water partition coefficient (Wildman–Crippen LogP) is 2.66. The first-order chi connectivity index (χ1) is 15.1. The number of methoxy groups -OCH3 is 1. The topological polar surface area (TPSA) is 118 Å². The van der Waals surface area contributed by atoms with Crippen molar-refractivity contribution in [3.8, 4) is 11.4 Å². The molecule has 170 valence electrons. The molecule has 1 aromatic carbocycles. The van der Waals surface area contributed by atoms with Crippen LogP contribution in [0.25, 0.3) is 16.9 Å². The van der Waals surface area contributed by atoms with Gasteiger partial charge in [0, 0.05) is 19.2 Å². The number of rotatable bonds is 3. The smallest absolute Gasteiger partial charge is 0.410 e. The van der Waals surface area contributed by atoms with E-state index in [0.717, 1.165) is 5.56 Å². The number of anilines is 1. The molecule has 0 saturated carbocycles. The van der Waals surface area contributed by atoms with E-state index in [1.54, 1.807) is 22.6 Å². The van der Waals surface area contributed by atoms with Gasteiger partial charge in [-0.25, -0.2) is 19.6 Å². The highest BCUT2D eigenvalue weighted by Crippen LogP contribution is 2.29. The van der Waals surface area contributed by atoms with Crippen LogP contribution in [0.4, 0.5) is 10.6 Å². The molecule has 1 atom stereocenters. The Kier molecular flexibility index (Phi) is 5.31. The van der Waals surface area contributed by atoms with Crippen molar-refractivity contribution in [1.82, 2.24) is 24.0 Å². The van der Waals surface area contributed by atoms with Crippen LogP contribution in [-0.4, -0.2) is 55.9 Å². The Bertz CT molecular complexity index is 1240. The summed E-state index contributed by atoms with van der Waals surface area (Å²) in [5.74, 6) is 0.857. The lowest BCUT2D eigenvalue weighted by Gasteiger charge is -2.24. The Morgan fingerprint density at radius 2 is 2.00 bits per heavy atom. The van der Waals surface area contributed by atoms with Gasteiger partial charge in [0.25, 0.3) is 0 Å². The number of imidazole rings is 1. The first-order valence-electron chi connectivity index (χ1n) is 10.5. The number of carbonyl (C=O) groups excluding carboxylic acids is 1. The molecular formula is C22H28N6O4. The summed E-state index contributed by atoms with van der Waals surface area (Å²) in [6.45, 7) is 8.23. The van der Waals surface area contributed by atoms with E-state index in [1.807, 2.05) is 39.8 Å². The highest BCUT2D eigenvalue weighted by molar-refractivity contribution is 5.84. The van der Waals surface area contributed by atoms with Crippen molar-refractivity contribution >= 4 is 23.1 Å². The number of aromatic nitrogens is 4. The second kappa shape index (κ2) is 7.85. The van der Waals surface area contributed by atoms with Gasteiger partial charge in [0.15, 0.2) is 11.5 Å². The van der Waals surface area contributed by atoms with Gasteiger partial charge in [0.05, 0.1) is 18.8 Å². The molecule has 0 radical (unpaired) electrons. The summed E-state index contributed by atoms with van der Waals surface area (Å²) in [7, 11) is 1.58. The van der Waals surface area contributed by atoms with Crippen LogP contribution < -0.4 is 16.2 Å².